The summed E-state index contributed by atoms with van der Waals surface area (Å²) in [6, 6.07) is 0. The van der Waals surface area contributed by atoms with Crippen LogP contribution >= 0.6 is 11.6 Å². The molecule has 5 atom stereocenters. The van der Waals surface area contributed by atoms with Gasteiger partial charge in [0.1, 0.15) is 5.60 Å². The van der Waals surface area contributed by atoms with Crippen molar-refractivity contribution in [3.63, 3.8) is 0 Å². The zero-order valence-electron chi connectivity index (χ0n) is 15.4. The highest BCUT2D eigenvalue weighted by atomic mass is 35.5. The normalized spacial score (nSPS) is 45.6. The lowest BCUT2D eigenvalue weighted by molar-refractivity contribution is -0.145. The van der Waals surface area contributed by atoms with Crippen LogP contribution in [0.2, 0.25) is 0 Å². The lowest BCUT2D eigenvalue weighted by Crippen LogP contribution is -2.54. The molecule has 2 nitrogen and oxygen atoms in total. The zero-order chi connectivity index (χ0) is 18.2. The van der Waals surface area contributed by atoms with Gasteiger partial charge in [-0.05, 0) is 68.1 Å². The molecule has 0 heterocycles. The van der Waals surface area contributed by atoms with Crippen molar-refractivity contribution in [3.8, 4) is 0 Å². The molecule has 0 bridgehead atoms. The van der Waals surface area contributed by atoms with Crippen LogP contribution in [0.1, 0.15) is 52.9 Å². The summed E-state index contributed by atoms with van der Waals surface area (Å²) in [7, 11) is 0. The Morgan fingerprint density at radius 1 is 1.32 bits per heavy atom. The van der Waals surface area contributed by atoms with Crippen LogP contribution in [-0.4, -0.2) is 16.5 Å². The summed E-state index contributed by atoms with van der Waals surface area (Å²) in [5.74, 6) is 0.410. The second-order valence-electron chi connectivity index (χ2n) is 8.90. The van der Waals surface area contributed by atoms with Gasteiger partial charge >= 0.3 is 0 Å². The summed E-state index contributed by atoms with van der Waals surface area (Å²) in [5, 5.41) is 12.1. The number of halogens is 1. The fraction of sp³-hybridized carbons (Fsp3) is 0.591. The van der Waals surface area contributed by atoms with Gasteiger partial charge in [-0.2, -0.15) is 0 Å². The summed E-state index contributed by atoms with van der Waals surface area (Å²) in [6.07, 6.45) is 11.3. The Morgan fingerprint density at radius 2 is 2.04 bits per heavy atom. The molecule has 0 spiro atoms. The summed E-state index contributed by atoms with van der Waals surface area (Å²) < 4.78 is 0. The number of carbonyl (C=O) groups is 1. The van der Waals surface area contributed by atoms with Gasteiger partial charge in [-0.25, -0.2) is 0 Å². The number of Topliss-reactive ketones (excluding diaryl/α,β-unsaturated/α-hetero) is 1. The van der Waals surface area contributed by atoms with Gasteiger partial charge in [0.15, 0.2) is 5.78 Å². The van der Waals surface area contributed by atoms with E-state index in [-0.39, 0.29) is 17.1 Å². The zero-order valence-corrected chi connectivity index (χ0v) is 16.1. The second kappa shape index (κ2) is 5.20. The van der Waals surface area contributed by atoms with E-state index in [1.165, 1.54) is 18.1 Å². The molecule has 4 aliphatic rings. The van der Waals surface area contributed by atoms with Gasteiger partial charge in [-0.1, -0.05) is 49.8 Å². The lowest BCUT2D eigenvalue weighted by atomic mass is 9.50. The standard InChI is InChI=1S/C22H27ClO2/c1-13-11-18-15-12-19(23)17-7-5-6-9-20(17,3)16(15)8-10-21(18,4)22(13,25)14(2)24/h5,7,12,16,18,25H,1,6,8-11H2,2-4H3/t16-,18-,20+,21-,22-/m0/s1. The van der Waals surface area contributed by atoms with Gasteiger partial charge in [0.25, 0.3) is 0 Å². The molecule has 0 aromatic heterocycles. The number of ketones is 1. The summed E-state index contributed by atoms with van der Waals surface area (Å²) >= 11 is 6.71. The maximum Gasteiger partial charge on any atom is 0.166 e. The Balaban J connectivity index is 1.86. The summed E-state index contributed by atoms with van der Waals surface area (Å²) in [4.78, 5) is 12.4. The third-order valence-corrected chi connectivity index (χ3v) is 8.19. The van der Waals surface area contributed by atoms with E-state index in [1.807, 2.05) is 0 Å². The predicted molar refractivity (Wildman–Crippen MR) is 101 cm³/mol. The fourth-order valence-electron chi connectivity index (χ4n) is 6.36. The minimum Gasteiger partial charge on any atom is -0.377 e. The minimum atomic E-state index is -1.41. The molecule has 0 aromatic carbocycles. The fourth-order valence-corrected chi connectivity index (χ4v) is 6.76. The van der Waals surface area contributed by atoms with Crippen LogP contribution in [-0.2, 0) is 4.79 Å². The molecule has 0 radical (unpaired) electrons. The van der Waals surface area contributed by atoms with Crippen molar-refractivity contribution in [1.82, 2.24) is 0 Å². The van der Waals surface area contributed by atoms with Gasteiger partial charge < -0.3 is 5.11 Å². The first kappa shape index (κ1) is 17.3. The topological polar surface area (TPSA) is 37.3 Å². The SMILES string of the molecule is C=C1C[C@H]2C3=CC(Cl)=C4C=CCC[C@]4(C)[C@H]3CC[C@]2(C)[C@@]1(O)C(C)=O. The van der Waals surface area contributed by atoms with Gasteiger partial charge in [0, 0.05) is 15.9 Å². The maximum absolute atomic E-state index is 12.4. The Kier molecular flexibility index (Phi) is 3.60. The number of carbonyl (C=O) groups excluding carboxylic acids is 1. The van der Waals surface area contributed by atoms with E-state index in [9.17, 15) is 9.90 Å². The molecule has 0 aromatic rings. The van der Waals surface area contributed by atoms with E-state index < -0.39 is 11.0 Å². The number of hydrogen-bond donors (Lipinski definition) is 1. The average Bonchev–Trinajstić information content (AvgIpc) is 2.76. The lowest BCUT2D eigenvalue weighted by Gasteiger charge is -2.54. The molecule has 2 fully saturated rings. The van der Waals surface area contributed by atoms with Crippen LogP contribution in [0, 0.1) is 22.7 Å². The molecule has 134 valence electrons. The molecule has 2 saturated carbocycles. The van der Waals surface area contributed by atoms with Crippen molar-refractivity contribution < 1.29 is 9.90 Å². The molecule has 25 heavy (non-hydrogen) atoms. The first-order valence-corrected chi connectivity index (χ1v) is 9.74. The van der Waals surface area contributed by atoms with Crippen molar-refractivity contribution in [2.24, 2.45) is 22.7 Å². The molecule has 4 rings (SSSR count). The Bertz CT molecular complexity index is 773. The third-order valence-electron chi connectivity index (χ3n) is 7.87. The van der Waals surface area contributed by atoms with Crippen LogP contribution in [0.15, 0.2) is 46.6 Å². The summed E-state index contributed by atoms with van der Waals surface area (Å²) in [5.41, 5.74) is 1.44. The monoisotopic (exact) mass is 358 g/mol. The molecule has 1 N–H and O–H groups in total. The van der Waals surface area contributed by atoms with Gasteiger partial charge in [-0.15, -0.1) is 0 Å². The van der Waals surface area contributed by atoms with Crippen molar-refractivity contribution >= 4 is 17.4 Å². The number of hydrogen-bond acceptors (Lipinski definition) is 2. The van der Waals surface area contributed by atoms with E-state index in [2.05, 4.69) is 38.7 Å². The second-order valence-corrected chi connectivity index (χ2v) is 9.31. The molecule has 3 heteroatoms. The molecule has 0 saturated heterocycles. The smallest absolute Gasteiger partial charge is 0.166 e. The van der Waals surface area contributed by atoms with Crippen LogP contribution in [0.25, 0.3) is 0 Å². The number of aliphatic hydroxyl groups is 1. The van der Waals surface area contributed by atoms with E-state index in [1.54, 1.807) is 0 Å². The highest BCUT2D eigenvalue weighted by molar-refractivity contribution is 6.32. The molecule has 0 amide bonds. The van der Waals surface area contributed by atoms with E-state index >= 15 is 0 Å². The third kappa shape index (κ3) is 1.93. The van der Waals surface area contributed by atoms with Crippen LogP contribution < -0.4 is 0 Å². The highest BCUT2D eigenvalue weighted by Crippen LogP contribution is 2.67. The molecule has 0 unspecified atom stereocenters. The van der Waals surface area contributed by atoms with Gasteiger partial charge in [0.2, 0.25) is 0 Å². The highest BCUT2D eigenvalue weighted by Gasteiger charge is 2.65. The average molecular weight is 359 g/mol. The molecular weight excluding hydrogens is 332 g/mol. The molecule has 4 aliphatic carbocycles. The van der Waals surface area contributed by atoms with Gasteiger partial charge in [0.05, 0.1) is 0 Å². The predicted octanol–water partition coefficient (Wildman–Crippen LogP) is 5.09. The maximum atomic E-state index is 12.4. The van der Waals surface area contributed by atoms with Gasteiger partial charge in [-0.3, -0.25) is 4.79 Å². The number of allylic oxidation sites excluding steroid dienone is 6. The minimum absolute atomic E-state index is 0.0650. The van der Waals surface area contributed by atoms with Crippen molar-refractivity contribution in [2.45, 2.75) is 58.5 Å². The number of fused-ring (bicyclic) bond motifs is 5. The largest absolute Gasteiger partial charge is 0.377 e. The van der Waals surface area contributed by atoms with Crippen LogP contribution in [0.3, 0.4) is 0 Å². The first-order valence-electron chi connectivity index (χ1n) is 9.36. The van der Waals surface area contributed by atoms with E-state index in [0.29, 0.717) is 17.9 Å². The Labute approximate surface area is 155 Å². The van der Waals surface area contributed by atoms with E-state index in [4.69, 9.17) is 11.6 Å². The Morgan fingerprint density at radius 3 is 2.72 bits per heavy atom. The van der Waals surface area contributed by atoms with E-state index in [0.717, 1.165) is 30.7 Å². The van der Waals surface area contributed by atoms with Crippen LogP contribution in [0.5, 0.6) is 0 Å². The van der Waals surface area contributed by atoms with Crippen molar-refractivity contribution in [2.75, 3.05) is 0 Å². The van der Waals surface area contributed by atoms with Crippen LogP contribution in [0.4, 0.5) is 0 Å². The van der Waals surface area contributed by atoms with Crippen molar-refractivity contribution in [1.29, 1.82) is 0 Å². The first-order chi connectivity index (χ1) is 11.7. The quantitative estimate of drug-likeness (QED) is 0.663. The summed E-state index contributed by atoms with van der Waals surface area (Å²) in [6.45, 7) is 10.0. The number of rotatable bonds is 1. The Hall–Kier alpha value is -1.12. The van der Waals surface area contributed by atoms with Crippen molar-refractivity contribution in [3.05, 3.63) is 46.6 Å². The molecular formula is C22H27ClO2. The molecule has 0 aliphatic heterocycles.